The third-order valence-corrected chi connectivity index (χ3v) is 5.59. The number of carboxylic acid groups (broad SMARTS) is 1. The van der Waals surface area contributed by atoms with Gasteiger partial charge in [0.25, 0.3) is 5.91 Å². The second kappa shape index (κ2) is 8.50. The van der Waals surface area contributed by atoms with Gasteiger partial charge >= 0.3 is 5.97 Å². The third kappa shape index (κ3) is 4.37. The highest BCUT2D eigenvalue weighted by Gasteiger charge is 2.37. The van der Waals surface area contributed by atoms with E-state index in [2.05, 4.69) is 5.32 Å². The van der Waals surface area contributed by atoms with Gasteiger partial charge in [-0.05, 0) is 37.8 Å². The highest BCUT2D eigenvalue weighted by molar-refractivity contribution is 5.95. The molecule has 1 aliphatic carbocycles. The van der Waals surface area contributed by atoms with Crippen LogP contribution in [0.5, 0.6) is 11.5 Å². The van der Waals surface area contributed by atoms with E-state index in [-0.39, 0.29) is 29.7 Å². The lowest BCUT2D eigenvalue weighted by atomic mass is 9.80. The van der Waals surface area contributed by atoms with Gasteiger partial charge in [-0.15, -0.1) is 0 Å². The molecular formula is C20H26N2O6. The van der Waals surface area contributed by atoms with Gasteiger partial charge in [0.2, 0.25) is 5.91 Å². The Hall–Kier alpha value is -2.77. The topological polar surface area (TPSA) is 105 Å². The number of hydrogen-bond donors (Lipinski definition) is 2. The monoisotopic (exact) mass is 390 g/mol. The first-order valence-electron chi connectivity index (χ1n) is 9.46. The van der Waals surface area contributed by atoms with Crippen LogP contribution in [0, 0.1) is 11.8 Å². The Morgan fingerprint density at radius 3 is 2.07 bits per heavy atom. The van der Waals surface area contributed by atoms with E-state index in [9.17, 15) is 14.4 Å². The fraction of sp³-hybridized carbons (Fsp3) is 0.550. The summed E-state index contributed by atoms with van der Waals surface area (Å²) in [4.78, 5) is 37.8. The number of nitrogens with zero attached hydrogens (tertiary/aromatic N) is 1. The number of ether oxygens (including phenoxy) is 2. The second-order valence-corrected chi connectivity index (χ2v) is 7.38. The summed E-state index contributed by atoms with van der Waals surface area (Å²) in [6.45, 7) is 0.998. The van der Waals surface area contributed by atoms with Crippen LogP contribution in [0.15, 0.2) is 18.2 Å². The molecule has 3 rings (SSSR count). The summed E-state index contributed by atoms with van der Waals surface area (Å²) in [5, 5.41) is 11.8. The molecule has 8 nitrogen and oxygen atoms in total. The molecule has 0 radical (unpaired) electrons. The number of likely N-dealkylation sites (tertiary alicyclic amines) is 1. The van der Waals surface area contributed by atoms with Gasteiger partial charge < -0.3 is 24.8 Å². The molecule has 2 fully saturated rings. The van der Waals surface area contributed by atoms with Crippen molar-refractivity contribution in [3.63, 3.8) is 0 Å². The van der Waals surface area contributed by atoms with E-state index in [1.807, 2.05) is 0 Å². The molecule has 1 aromatic rings. The van der Waals surface area contributed by atoms with Crippen molar-refractivity contribution >= 4 is 17.8 Å². The highest BCUT2D eigenvalue weighted by atomic mass is 16.5. The first-order valence-corrected chi connectivity index (χ1v) is 9.46. The number of rotatable bonds is 6. The minimum absolute atomic E-state index is 0.0380. The number of carbonyl (C=O) groups is 3. The fourth-order valence-electron chi connectivity index (χ4n) is 3.71. The van der Waals surface area contributed by atoms with Gasteiger partial charge in [0.1, 0.15) is 11.5 Å². The van der Waals surface area contributed by atoms with Crippen LogP contribution in [0.3, 0.4) is 0 Å². The van der Waals surface area contributed by atoms with Gasteiger partial charge in [-0.2, -0.15) is 0 Å². The quantitative estimate of drug-likeness (QED) is 0.763. The van der Waals surface area contributed by atoms with E-state index in [1.54, 1.807) is 23.1 Å². The van der Waals surface area contributed by atoms with Crippen molar-refractivity contribution in [3.8, 4) is 11.5 Å². The van der Waals surface area contributed by atoms with Crippen molar-refractivity contribution in [2.75, 3.05) is 27.3 Å². The fourth-order valence-corrected chi connectivity index (χ4v) is 3.71. The first-order chi connectivity index (χ1) is 13.4. The van der Waals surface area contributed by atoms with Gasteiger partial charge in [-0.1, -0.05) is 0 Å². The molecule has 0 unspecified atom stereocenters. The normalized spacial score (nSPS) is 22.1. The molecule has 1 aliphatic heterocycles. The van der Waals surface area contributed by atoms with Gasteiger partial charge in [-0.3, -0.25) is 14.4 Å². The molecule has 1 saturated carbocycles. The Morgan fingerprint density at radius 1 is 1.00 bits per heavy atom. The largest absolute Gasteiger partial charge is 0.497 e. The Bertz CT molecular complexity index is 729. The number of hydrogen-bond acceptors (Lipinski definition) is 5. The number of nitrogens with one attached hydrogen (secondary N) is 1. The molecule has 1 heterocycles. The van der Waals surface area contributed by atoms with Crippen LogP contribution in [0.4, 0.5) is 0 Å². The summed E-state index contributed by atoms with van der Waals surface area (Å²) in [5.74, 6) is -0.332. The maximum Gasteiger partial charge on any atom is 0.306 e. The molecule has 0 atom stereocenters. The number of carbonyl (C=O) groups excluding carboxylic acids is 2. The number of methoxy groups -OCH3 is 2. The number of carboxylic acids is 1. The average molecular weight is 390 g/mol. The Balaban J connectivity index is 1.51. The van der Waals surface area contributed by atoms with Gasteiger partial charge in [-0.25, -0.2) is 0 Å². The van der Waals surface area contributed by atoms with Gasteiger partial charge in [0.15, 0.2) is 0 Å². The van der Waals surface area contributed by atoms with E-state index in [0.29, 0.717) is 55.8 Å². The molecule has 28 heavy (non-hydrogen) atoms. The molecule has 0 bridgehead atoms. The predicted octanol–water partition coefficient (Wildman–Crippen LogP) is 1.54. The summed E-state index contributed by atoms with van der Waals surface area (Å²) < 4.78 is 10.4. The van der Waals surface area contributed by atoms with Crippen LogP contribution in [-0.2, 0) is 9.59 Å². The van der Waals surface area contributed by atoms with Crippen molar-refractivity contribution in [1.82, 2.24) is 10.2 Å². The molecule has 0 spiro atoms. The number of benzene rings is 1. The minimum atomic E-state index is -0.800. The molecule has 2 amide bonds. The van der Waals surface area contributed by atoms with Crippen LogP contribution in [0.1, 0.15) is 36.0 Å². The Morgan fingerprint density at radius 2 is 1.57 bits per heavy atom. The van der Waals surface area contributed by atoms with Crippen molar-refractivity contribution in [3.05, 3.63) is 23.8 Å². The molecule has 2 aliphatic rings. The zero-order valence-corrected chi connectivity index (χ0v) is 16.1. The zero-order valence-electron chi connectivity index (χ0n) is 16.1. The lowest BCUT2D eigenvalue weighted by Crippen LogP contribution is -2.50. The molecule has 0 aromatic heterocycles. The summed E-state index contributed by atoms with van der Waals surface area (Å²) in [6, 6.07) is 5.03. The molecule has 2 N–H and O–H groups in total. The van der Waals surface area contributed by atoms with Crippen LogP contribution in [0.2, 0.25) is 0 Å². The Kier molecular flexibility index (Phi) is 6.06. The Labute approximate surface area is 163 Å². The van der Waals surface area contributed by atoms with E-state index in [0.717, 1.165) is 0 Å². The second-order valence-electron chi connectivity index (χ2n) is 7.38. The molecule has 1 saturated heterocycles. The van der Waals surface area contributed by atoms with E-state index in [1.165, 1.54) is 14.2 Å². The highest BCUT2D eigenvalue weighted by Crippen LogP contribution is 2.29. The number of aliphatic carboxylic acids is 1. The van der Waals surface area contributed by atoms with Crippen LogP contribution >= 0.6 is 0 Å². The lowest BCUT2D eigenvalue weighted by Gasteiger charge is -2.36. The summed E-state index contributed by atoms with van der Waals surface area (Å²) in [7, 11) is 3.07. The van der Waals surface area contributed by atoms with Gasteiger partial charge in [0.05, 0.1) is 20.1 Å². The number of piperidine rings is 1. The standard InChI is InChI=1S/C20H26N2O6/c1-27-16-9-13(10-17(11-16)28-2)19(24)22-5-3-12(4-6-22)18(23)21-15-7-14(8-15)20(25)26/h9-12,14-15H,3-8H2,1-2H3,(H,21,23)(H,25,26). The molecule has 152 valence electrons. The summed E-state index contributed by atoms with van der Waals surface area (Å²) in [6.07, 6.45) is 2.17. The van der Waals surface area contributed by atoms with E-state index >= 15 is 0 Å². The van der Waals surface area contributed by atoms with Crippen molar-refractivity contribution in [1.29, 1.82) is 0 Å². The van der Waals surface area contributed by atoms with Gasteiger partial charge in [0, 0.05) is 36.7 Å². The SMILES string of the molecule is COc1cc(OC)cc(C(=O)N2CCC(C(=O)NC3CC(C(=O)O)C3)CC2)c1. The van der Waals surface area contributed by atoms with Crippen LogP contribution in [-0.4, -0.2) is 61.1 Å². The smallest absolute Gasteiger partial charge is 0.306 e. The summed E-state index contributed by atoms with van der Waals surface area (Å²) >= 11 is 0. The van der Waals surface area contributed by atoms with Crippen LogP contribution in [0.25, 0.3) is 0 Å². The van der Waals surface area contributed by atoms with Crippen LogP contribution < -0.4 is 14.8 Å². The summed E-state index contributed by atoms with van der Waals surface area (Å²) in [5.41, 5.74) is 0.494. The van der Waals surface area contributed by atoms with Crippen molar-refractivity contribution in [2.45, 2.75) is 31.7 Å². The van der Waals surface area contributed by atoms with E-state index in [4.69, 9.17) is 14.6 Å². The van der Waals surface area contributed by atoms with Crippen molar-refractivity contribution < 1.29 is 29.0 Å². The maximum atomic E-state index is 12.8. The first kappa shape index (κ1) is 20.0. The lowest BCUT2D eigenvalue weighted by molar-refractivity contribution is -0.146. The molecule has 1 aromatic carbocycles. The van der Waals surface area contributed by atoms with Crippen molar-refractivity contribution in [2.24, 2.45) is 11.8 Å². The minimum Gasteiger partial charge on any atom is -0.497 e. The van der Waals surface area contributed by atoms with E-state index < -0.39 is 5.97 Å². The third-order valence-electron chi connectivity index (χ3n) is 5.59. The molecule has 8 heteroatoms. The maximum absolute atomic E-state index is 12.8. The molecular weight excluding hydrogens is 364 g/mol. The number of amides is 2. The predicted molar refractivity (Wildman–Crippen MR) is 100 cm³/mol. The zero-order chi connectivity index (χ0) is 20.3. The average Bonchev–Trinajstić information content (AvgIpc) is 2.68.